The van der Waals surface area contributed by atoms with Gasteiger partial charge in [0.25, 0.3) is 0 Å². The van der Waals surface area contributed by atoms with Crippen molar-refractivity contribution in [3.8, 4) is 0 Å². The maximum atomic E-state index is 12.6. The molecule has 0 aromatic heterocycles. The molecule has 0 spiro atoms. The number of benzene rings is 1. The number of nitrogens with zero attached hydrogens (tertiary/aromatic N) is 1. The van der Waals surface area contributed by atoms with Crippen LogP contribution in [0.25, 0.3) is 0 Å². The fourth-order valence-electron chi connectivity index (χ4n) is 4.29. The molecule has 2 N–H and O–H groups in total. The van der Waals surface area contributed by atoms with E-state index in [4.69, 9.17) is 0 Å². The Morgan fingerprint density at radius 3 is 2.62 bits per heavy atom. The number of nitrogens with one attached hydrogen (secondary N) is 1. The lowest BCUT2D eigenvalue weighted by atomic mass is 9.91. The van der Waals surface area contributed by atoms with Gasteiger partial charge in [-0.2, -0.15) is 0 Å². The van der Waals surface area contributed by atoms with Crippen LogP contribution < -0.4 is 5.32 Å². The van der Waals surface area contributed by atoms with Crippen LogP contribution in [0.5, 0.6) is 0 Å². The Morgan fingerprint density at radius 2 is 1.92 bits per heavy atom. The molecule has 1 aromatic carbocycles. The number of carbonyl (C=O) groups excluding carboxylic acids is 1. The fourth-order valence-corrected chi connectivity index (χ4v) is 4.29. The van der Waals surface area contributed by atoms with Crippen LogP contribution >= 0.6 is 0 Å². The predicted octanol–water partition coefficient (Wildman–Crippen LogP) is 2.74. The first-order valence-electron chi connectivity index (χ1n) is 9.44. The van der Waals surface area contributed by atoms with Crippen molar-refractivity contribution in [2.24, 2.45) is 11.8 Å². The molecule has 4 heteroatoms. The number of amides is 1. The fraction of sp³-hybridized carbons (Fsp3) is 0.650. The molecule has 0 bridgehead atoms. The summed E-state index contributed by atoms with van der Waals surface area (Å²) in [6.07, 6.45) is 7.10. The van der Waals surface area contributed by atoms with Crippen LogP contribution in [0.2, 0.25) is 0 Å². The molecule has 0 radical (unpaired) electrons. The summed E-state index contributed by atoms with van der Waals surface area (Å²) < 4.78 is 0. The number of piperidine rings is 1. The smallest absolute Gasteiger partial charge is 0.234 e. The van der Waals surface area contributed by atoms with Crippen LogP contribution in [0.3, 0.4) is 0 Å². The first-order chi connectivity index (χ1) is 11.8. The molecule has 1 heterocycles. The maximum Gasteiger partial charge on any atom is 0.234 e. The average molecular weight is 330 g/mol. The summed E-state index contributed by atoms with van der Waals surface area (Å²) in [7, 11) is 0. The van der Waals surface area contributed by atoms with E-state index in [0.29, 0.717) is 18.4 Å². The average Bonchev–Trinajstić information content (AvgIpc) is 3.15. The van der Waals surface area contributed by atoms with Crippen LogP contribution in [-0.4, -0.2) is 42.2 Å². The van der Waals surface area contributed by atoms with Gasteiger partial charge in [0.05, 0.1) is 12.6 Å². The molecule has 4 nitrogen and oxygen atoms in total. The van der Waals surface area contributed by atoms with E-state index in [0.717, 1.165) is 25.9 Å². The van der Waals surface area contributed by atoms with Gasteiger partial charge < -0.3 is 10.4 Å². The molecule has 1 aliphatic heterocycles. The Kier molecular flexibility index (Phi) is 6.27. The molecule has 132 valence electrons. The zero-order chi connectivity index (χ0) is 16.8. The number of aliphatic hydroxyl groups excluding tert-OH is 1. The van der Waals surface area contributed by atoms with Gasteiger partial charge >= 0.3 is 0 Å². The van der Waals surface area contributed by atoms with Gasteiger partial charge in [-0.15, -0.1) is 0 Å². The molecule has 2 atom stereocenters. The van der Waals surface area contributed by atoms with Crippen molar-refractivity contribution in [1.82, 2.24) is 10.2 Å². The molecule has 2 fully saturated rings. The number of likely N-dealkylation sites (tertiary alicyclic amines) is 1. The van der Waals surface area contributed by atoms with Gasteiger partial charge in [0.1, 0.15) is 0 Å². The third kappa shape index (κ3) is 4.58. The van der Waals surface area contributed by atoms with E-state index < -0.39 is 0 Å². The topological polar surface area (TPSA) is 52.6 Å². The van der Waals surface area contributed by atoms with E-state index in [-0.39, 0.29) is 18.6 Å². The second-order valence-corrected chi connectivity index (χ2v) is 7.43. The number of hydrogen-bond acceptors (Lipinski definition) is 3. The van der Waals surface area contributed by atoms with Crippen molar-refractivity contribution in [2.75, 3.05) is 26.2 Å². The number of carbonyl (C=O) groups is 1. The van der Waals surface area contributed by atoms with Crippen LogP contribution in [0, 0.1) is 11.8 Å². The Balaban J connectivity index is 1.60. The quantitative estimate of drug-likeness (QED) is 0.843. The molecule has 1 aromatic rings. The van der Waals surface area contributed by atoms with Gasteiger partial charge in [-0.25, -0.2) is 0 Å². The first-order valence-corrected chi connectivity index (χ1v) is 9.44. The molecule has 1 saturated carbocycles. The van der Waals surface area contributed by atoms with Crippen molar-refractivity contribution in [3.63, 3.8) is 0 Å². The second kappa shape index (κ2) is 8.63. The lowest BCUT2D eigenvalue weighted by Gasteiger charge is -2.32. The molecule has 1 saturated heterocycles. The Hall–Kier alpha value is -1.39. The second-order valence-electron chi connectivity index (χ2n) is 7.43. The summed E-state index contributed by atoms with van der Waals surface area (Å²) in [5.74, 6) is 1.00. The number of rotatable bonds is 6. The Morgan fingerprint density at radius 1 is 1.17 bits per heavy atom. The molecule has 3 rings (SSSR count). The van der Waals surface area contributed by atoms with Gasteiger partial charge in [-0.3, -0.25) is 9.69 Å². The molecule has 1 aliphatic carbocycles. The third-order valence-corrected chi connectivity index (χ3v) is 5.57. The van der Waals surface area contributed by atoms with E-state index in [1.807, 2.05) is 6.07 Å². The van der Waals surface area contributed by atoms with Crippen molar-refractivity contribution in [3.05, 3.63) is 35.9 Å². The van der Waals surface area contributed by atoms with E-state index in [9.17, 15) is 9.90 Å². The maximum absolute atomic E-state index is 12.6. The van der Waals surface area contributed by atoms with E-state index in [1.165, 1.54) is 31.2 Å². The summed E-state index contributed by atoms with van der Waals surface area (Å²) in [4.78, 5) is 14.8. The highest BCUT2D eigenvalue weighted by Crippen LogP contribution is 2.35. The largest absolute Gasteiger partial charge is 0.396 e. The minimum absolute atomic E-state index is 0.120. The van der Waals surface area contributed by atoms with E-state index in [2.05, 4.69) is 34.5 Å². The molecule has 24 heavy (non-hydrogen) atoms. The number of aliphatic hydroxyl groups is 1. The summed E-state index contributed by atoms with van der Waals surface area (Å²) in [5, 5.41) is 12.7. The summed E-state index contributed by atoms with van der Waals surface area (Å²) >= 11 is 0. The predicted molar refractivity (Wildman–Crippen MR) is 95.5 cm³/mol. The highest BCUT2D eigenvalue weighted by molar-refractivity contribution is 5.78. The van der Waals surface area contributed by atoms with Crippen LogP contribution in [0.15, 0.2) is 30.3 Å². The van der Waals surface area contributed by atoms with Gasteiger partial charge in [0.15, 0.2) is 0 Å². The van der Waals surface area contributed by atoms with Crippen molar-refractivity contribution in [2.45, 2.75) is 44.6 Å². The normalized spacial score (nSPS) is 24.0. The SMILES string of the molecule is O=C(CN1CCCC(CO)C1)NC(c1ccccc1)C1CCCC1. The highest BCUT2D eigenvalue weighted by Gasteiger charge is 2.28. The minimum Gasteiger partial charge on any atom is -0.396 e. The van der Waals surface area contributed by atoms with Crippen molar-refractivity contribution >= 4 is 5.91 Å². The third-order valence-electron chi connectivity index (χ3n) is 5.57. The monoisotopic (exact) mass is 330 g/mol. The Labute approximate surface area is 145 Å². The van der Waals surface area contributed by atoms with Crippen molar-refractivity contribution < 1.29 is 9.90 Å². The minimum atomic E-state index is 0.120. The first kappa shape index (κ1) is 17.4. The summed E-state index contributed by atoms with van der Waals surface area (Å²) in [6.45, 7) is 2.48. The van der Waals surface area contributed by atoms with Gasteiger partial charge in [-0.1, -0.05) is 43.2 Å². The lowest BCUT2D eigenvalue weighted by Crippen LogP contribution is -2.44. The summed E-state index contributed by atoms with van der Waals surface area (Å²) in [6, 6.07) is 10.5. The zero-order valence-electron chi connectivity index (χ0n) is 14.5. The summed E-state index contributed by atoms with van der Waals surface area (Å²) in [5.41, 5.74) is 1.23. The zero-order valence-corrected chi connectivity index (χ0v) is 14.5. The van der Waals surface area contributed by atoms with E-state index >= 15 is 0 Å². The molecule has 2 aliphatic rings. The van der Waals surface area contributed by atoms with Gasteiger partial charge in [0.2, 0.25) is 5.91 Å². The lowest BCUT2D eigenvalue weighted by molar-refractivity contribution is -0.123. The van der Waals surface area contributed by atoms with Gasteiger partial charge in [0, 0.05) is 13.2 Å². The van der Waals surface area contributed by atoms with E-state index in [1.54, 1.807) is 0 Å². The molecular weight excluding hydrogens is 300 g/mol. The standard InChI is InChI=1S/C20H30N2O2/c23-15-16-7-6-12-22(13-16)14-19(24)21-20(18-10-4-5-11-18)17-8-2-1-3-9-17/h1-3,8-9,16,18,20,23H,4-7,10-15H2,(H,21,24). The van der Waals surface area contributed by atoms with Crippen molar-refractivity contribution in [1.29, 1.82) is 0 Å². The number of hydrogen-bond donors (Lipinski definition) is 2. The highest BCUT2D eigenvalue weighted by atomic mass is 16.3. The molecular formula is C20H30N2O2. The van der Waals surface area contributed by atoms with Crippen LogP contribution in [0.4, 0.5) is 0 Å². The molecule has 2 unspecified atom stereocenters. The van der Waals surface area contributed by atoms with Gasteiger partial charge in [-0.05, 0) is 49.6 Å². The van der Waals surface area contributed by atoms with Crippen LogP contribution in [-0.2, 0) is 4.79 Å². The molecule has 1 amide bonds. The Bertz CT molecular complexity index is 514. The van der Waals surface area contributed by atoms with Crippen LogP contribution in [0.1, 0.15) is 50.1 Å².